The van der Waals surface area contributed by atoms with E-state index in [9.17, 15) is 4.79 Å². The van der Waals surface area contributed by atoms with Gasteiger partial charge in [0.25, 0.3) is 0 Å². The van der Waals surface area contributed by atoms with Gasteiger partial charge in [0.15, 0.2) is 0 Å². The SMILES string of the molecule is NC(=O)C1(c2cccnc2)CCCCS1. The number of amides is 1. The second kappa shape index (κ2) is 4.23. The number of carbonyl (C=O) groups excluding carboxylic acids is 1. The van der Waals surface area contributed by atoms with Crippen molar-refractivity contribution in [1.29, 1.82) is 0 Å². The lowest BCUT2D eigenvalue weighted by Crippen LogP contribution is -2.40. The van der Waals surface area contributed by atoms with Crippen molar-refractivity contribution in [3.05, 3.63) is 30.1 Å². The first-order chi connectivity index (χ1) is 7.26. The van der Waals surface area contributed by atoms with E-state index in [4.69, 9.17) is 5.73 Å². The summed E-state index contributed by atoms with van der Waals surface area (Å²) >= 11 is 1.66. The smallest absolute Gasteiger partial charge is 0.238 e. The molecule has 1 amide bonds. The average molecular weight is 222 g/mol. The van der Waals surface area contributed by atoms with Crippen molar-refractivity contribution in [2.45, 2.75) is 24.0 Å². The van der Waals surface area contributed by atoms with Gasteiger partial charge >= 0.3 is 0 Å². The fraction of sp³-hybridized carbons (Fsp3) is 0.455. The van der Waals surface area contributed by atoms with Crippen LogP contribution >= 0.6 is 11.8 Å². The molecule has 15 heavy (non-hydrogen) atoms. The highest BCUT2D eigenvalue weighted by Gasteiger charge is 2.40. The highest BCUT2D eigenvalue weighted by atomic mass is 32.2. The monoisotopic (exact) mass is 222 g/mol. The molecule has 4 heteroatoms. The summed E-state index contributed by atoms with van der Waals surface area (Å²) in [6.07, 6.45) is 6.53. The van der Waals surface area contributed by atoms with Gasteiger partial charge in [0.1, 0.15) is 4.75 Å². The van der Waals surface area contributed by atoms with E-state index in [-0.39, 0.29) is 5.91 Å². The maximum atomic E-state index is 11.7. The molecule has 80 valence electrons. The van der Waals surface area contributed by atoms with Crippen LogP contribution in [0.3, 0.4) is 0 Å². The van der Waals surface area contributed by atoms with Gasteiger partial charge in [0.05, 0.1) is 0 Å². The largest absolute Gasteiger partial charge is 0.368 e. The third-order valence-electron chi connectivity index (χ3n) is 2.80. The van der Waals surface area contributed by atoms with E-state index in [1.807, 2.05) is 12.1 Å². The predicted octanol–water partition coefficient (Wildman–Crippen LogP) is 1.68. The van der Waals surface area contributed by atoms with Crippen LogP contribution in [0, 0.1) is 0 Å². The molecule has 1 fully saturated rings. The number of hydrogen-bond acceptors (Lipinski definition) is 3. The number of thioether (sulfide) groups is 1. The molecule has 0 radical (unpaired) electrons. The predicted molar refractivity (Wildman–Crippen MR) is 61.4 cm³/mol. The van der Waals surface area contributed by atoms with Crippen molar-refractivity contribution in [3.63, 3.8) is 0 Å². The molecule has 1 aromatic heterocycles. The Labute approximate surface area is 93.5 Å². The minimum absolute atomic E-state index is 0.236. The Morgan fingerprint density at radius 3 is 2.93 bits per heavy atom. The second-order valence-electron chi connectivity index (χ2n) is 3.74. The van der Waals surface area contributed by atoms with Gasteiger partial charge in [-0.15, -0.1) is 11.8 Å². The number of hydrogen-bond donors (Lipinski definition) is 1. The summed E-state index contributed by atoms with van der Waals surface area (Å²) in [5.41, 5.74) is 6.49. The van der Waals surface area contributed by atoms with Crippen molar-refractivity contribution in [2.75, 3.05) is 5.75 Å². The van der Waals surface area contributed by atoms with E-state index in [2.05, 4.69) is 4.98 Å². The topological polar surface area (TPSA) is 56.0 Å². The number of aromatic nitrogens is 1. The highest BCUT2D eigenvalue weighted by molar-refractivity contribution is 8.01. The third-order valence-corrected chi connectivity index (χ3v) is 4.42. The Hall–Kier alpha value is -1.03. The number of pyridine rings is 1. The second-order valence-corrected chi connectivity index (χ2v) is 5.13. The van der Waals surface area contributed by atoms with Gasteiger partial charge in [0.2, 0.25) is 5.91 Å². The van der Waals surface area contributed by atoms with E-state index in [0.717, 1.165) is 24.2 Å². The molecule has 1 aromatic rings. The zero-order chi connectivity index (χ0) is 10.7. The number of nitrogens with zero attached hydrogens (tertiary/aromatic N) is 1. The molecule has 3 nitrogen and oxygen atoms in total. The van der Waals surface area contributed by atoms with Crippen LogP contribution in [-0.4, -0.2) is 16.6 Å². The Bertz CT molecular complexity index is 347. The molecule has 0 spiro atoms. The molecule has 2 N–H and O–H groups in total. The zero-order valence-corrected chi connectivity index (χ0v) is 9.30. The summed E-state index contributed by atoms with van der Waals surface area (Å²) in [5.74, 6) is 0.762. The molecule has 0 aromatic carbocycles. The van der Waals surface area contributed by atoms with E-state index in [0.29, 0.717) is 0 Å². The summed E-state index contributed by atoms with van der Waals surface area (Å²) in [6, 6.07) is 3.80. The van der Waals surface area contributed by atoms with Gasteiger partial charge in [-0.05, 0) is 30.2 Å². The van der Waals surface area contributed by atoms with Crippen LogP contribution in [0.4, 0.5) is 0 Å². The number of nitrogens with two attached hydrogens (primary N) is 1. The van der Waals surface area contributed by atoms with Crippen molar-refractivity contribution in [2.24, 2.45) is 5.73 Å². The molecular formula is C11H14N2OS. The van der Waals surface area contributed by atoms with Crippen LogP contribution in [0.1, 0.15) is 24.8 Å². The summed E-state index contributed by atoms with van der Waals surface area (Å²) in [4.78, 5) is 15.7. The molecule has 2 rings (SSSR count). The summed E-state index contributed by atoms with van der Waals surface area (Å²) in [6.45, 7) is 0. The number of primary amides is 1. The summed E-state index contributed by atoms with van der Waals surface area (Å²) in [5, 5.41) is 0. The van der Waals surface area contributed by atoms with Crippen LogP contribution in [-0.2, 0) is 9.54 Å². The van der Waals surface area contributed by atoms with Crippen LogP contribution < -0.4 is 5.73 Å². The van der Waals surface area contributed by atoms with Gasteiger partial charge < -0.3 is 5.73 Å². The number of rotatable bonds is 2. The molecule has 1 unspecified atom stereocenters. The summed E-state index contributed by atoms with van der Waals surface area (Å²) in [7, 11) is 0. The Kier molecular flexibility index (Phi) is 2.95. The molecule has 0 saturated carbocycles. The maximum absolute atomic E-state index is 11.7. The normalized spacial score (nSPS) is 26.1. The van der Waals surface area contributed by atoms with Gasteiger partial charge in [-0.2, -0.15) is 0 Å². The Morgan fingerprint density at radius 2 is 2.40 bits per heavy atom. The molecule has 0 aliphatic carbocycles. The fourth-order valence-corrected chi connectivity index (χ4v) is 3.38. The van der Waals surface area contributed by atoms with Gasteiger partial charge in [0, 0.05) is 12.4 Å². The van der Waals surface area contributed by atoms with Crippen LogP contribution in [0.5, 0.6) is 0 Å². The zero-order valence-electron chi connectivity index (χ0n) is 8.48. The van der Waals surface area contributed by atoms with E-state index >= 15 is 0 Å². The molecule has 1 atom stereocenters. The maximum Gasteiger partial charge on any atom is 0.238 e. The lowest BCUT2D eigenvalue weighted by Gasteiger charge is -2.33. The van der Waals surface area contributed by atoms with E-state index < -0.39 is 4.75 Å². The van der Waals surface area contributed by atoms with Crippen molar-refractivity contribution >= 4 is 17.7 Å². The van der Waals surface area contributed by atoms with Gasteiger partial charge in [-0.3, -0.25) is 9.78 Å². The first-order valence-electron chi connectivity index (χ1n) is 5.10. The Morgan fingerprint density at radius 1 is 1.53 bits per heavy atom. The van der Waals surface area contributed by atoms with Crippen molar-refractivity contribution in [1.82, 2.24) is 4.98 Å². The average Bonchev–Trinajstić information content (AvgIpc) is 2.31. The molecule has 1 aliphatic heterocycles. The molecule has 1 aliphatic rings. The first kappa shape index (κ1) is 10.5. The highest BCUT2D eigenvalue weighted by Crippen LogP contribution is 2.44. The summed E-state index contributed by atoms with van der Waals surface area (Å²) < 4.78 is -0.535. The minimum atomic E-state index is -0.535. The van der Waals surface area contributed by atoms with Crippen LogP contribution in [0.25, 0.3) is 0 Å². The van der Waals surface area contributed by atoms with E-state index in [1.54, 1.807) is 24.2 Å². The van der Waals surface area contributed by atoms with Gasteiger partial charge in [-0.1, -0.05) is 12.5 Å². The van der Waals surface area contributed by atoms with Crippen LogP contribution in [0.15, 0.2) is 24.5 Å². The quantitative estimate of drug-likeness (QED) is 0.828. The van der Waals surface area contributed by atoms with Crippen molar-refractivity contribution < 1.29 is 4.79 Å². The lowest BCUT2D eigenvalue weighted by molar-refractivity contribution is -0.120. The molecule has 1 saturated heterocycles. The van der Waals surface area contributed by atoms with Crippen molar-refractivity contribution in [3.8, 4) is 0 Å². The van der Waals surface area contributed by atoms with E-state index in [1.165, 1.54) is 6.42 Å². The fourth-order valence-electron chi connectivity index (χ4n) is 1.96. The molecule has 0 bridgehead atoms. The number of carbonyl (C=O) groups is 1. The third kappa shape index (κ3) is 1.86. The minimum Gasteiger partial charge on any atom is -0.368 e. The Balaban J connectivity index is 2.38. The first-order valence-corrected chi connectivity index (χ1v) is 6.09. The molecular weight excluding hydrogens is 208 g/mol. The molecule has 2 heterocycles. The van der Waals surface area contributed by atoms with Gasteiger partial charge in [-0.25, -0.2) is 0 Å². The standard InChI is InChI=1S/C11H14N2OS/c12-10(14)11(5-1-2-7-15-11)9-4-3-6-13-8-9/h3-4,6,8H,1-2,5,7H2,(H2,12,14). The lowest BCUT2D eigenvalue weighted by atomic mass is 9.92. The van der Waals surface area contributed by atoms with Crippen LogP contribution in [0.2, 0.25) is 0 Å².